The Hall–Kier alpha value is -2.92. The van der Waals surface area contributed by atoms with Crippen molar-refractivity contribution in [2.75, 3.05) is 16.8 Å². The minimum atomic E-state index is -4.81. The van der Waals surface area contributed by atoms with E-state index in [9.17, 15) is 22.8 Å². The lowest BCUT2D eigenvalue weighted by Crippen LogP contribution is -2.25. The van der Waals surface area contributed by atoms with Crippen LogP contribution in [0.2, 0.25) is 0 Å². The summed E-state index contributed by atoms with van der Waals surface area (Å²) in [4.78, 5) is 31.1. The number of anilines is 1. The number of alkyl halides is 3. The van der Waals surface area contributed by atoms with Gasteiger partial charge in [0.15, 0.2) is 5.16 Å². The predicted octanol–water partition coefficient (Wildman–Crippen LogP) is 5.44. The van der Waals surface area contributed by atoms with Gasteiger partial charge in [-0.05, 0) is 56.2 Å². The highest BCUT2D eigenvalue weighted by Crippen LogP contribution is 2.31. The van der Waals surface area contributed by atoms with E-state index in [1.54, 1.807) is 0 Å². The topological polar surface area (TPSA) is 73.2 Å². The number of rotatable bonds is 6. The van der Waals surface area contributed by atoms with E-state index in [0.29, 0.717) is 27.9 Å². The van der Waals surface area contributed by atoms with Crippen LogP contribution in [0.5, 0.6) is 5.75 Å². The van der Waals surface area contributed by atoms with Crippen molar-refractivity contribution in [3.63, 3.8) is 0 Å². The molecule has 35 heavy (non-hydrogen) atoms. The Labute approximate surface area is 208 Å². The fraction of sp³-hybridized carbons (Fsp3) is 0.292. The Morgan fingerprint density at radius 1 is 1.17 bits per heavy atom. The van der Waals surface area contributed by atoms with Gasteiger partial charge in [0.05, 0.1) is 22.0 Å². The number of aryl methyl sites for hydroxylation is 4. The first kappa shape index (κ1) is 25.2. The molecule has 0 spiro atoms. The van der Waals surface area contributed by atoms with Crippen LogP contribution >= 0.6 is 23.5 Å². The van der Waals surface area contributed by atoms with Crippen molar-refractivity contribution >= 4 is 35.1 Å². The van der Waals surface area contributed by atoms with Crippen molar-refractivity contribution in [2.45, 2.75) is 43.6 Å². The van der Waals surface area contributed by atoms with Crippen LogP contribution in [0.4, 0.5) is 18.9 Å². The number of hydrogen-bond acceptors (Lipinski definition) is 6. The van der Waals surface area contributed by atoms with E-state index in [1.807, 2.05) is 32.9 Å². The summed E-state index contributed by atoms with van der Waals surface area (Å²) in [6, 6.07) is 8.97. The highest BCUT2D eigenvalue weighted by atomic mass is 32.2. The van der Waals surface area contributed by atoms with E-state index in [-0.39, 0.29) is 17.2 Å². The fourth-order valence-corrected chi connectivity index (χ4v) is 5.75. The van der Waals surface area contributed by atoms with E-state index in [1.165, 1.54) is 28.5 Å². The summed E-state index contributed by atoms with van der Waals surface area (Å²) < 4.78 is 42.8. The molecule has 6 nitrogen and oxygen atoms in total. The van der Waals surface area contributed by atoms with E-state index in [0.717, 1.165) is 52.0 Å². The fourth-order valence-electron chi connectivity index (χ4n) is 3.90. The van der Waals surface area contributed by atoms with Crippen LogP contribution < -0.4 is 15.6 Å². The number of nitrogens with one attached hydrogen (secondary N) is 1. The number of aromatic nitrogens is 2. The van der Waals surface area contributed by atoms with E-state index >= 15 is 0 Å². The number of carbonyl (C=O) groups is 1. The number of hydrogen-bond donors (Lipinski definition) is 1. The lowest BCUT2D eigenvalue weighted by Gasteiger charge is -2.15. The van der Waals surface area contributed by atoms with Gasteiger partial charge in [-0.25, -0.2) is 4.98 Å². The van der Waals surface area contributed by atoms with Crippen LogP contribution in [-0.2, 0) is 11.2 Å². The number of carbonyl (C=O) groups excluding carboxylic acids is 1. The zero-order chi connectivity index (χ0) is 25.3. The summed E-state index contributed by atoms with van der Waals surface area (Å²) in [7, 11) is 0. The lowest BCUT2D eigenvalue weighted by atomic mass is 10.1. The number of thioether (sulfide) groups is 2. The highest BCUT2D eigenvalue weighted by molar-refractivity contribution is 8.00. The van der Waals surface area contributed by atoms with Gasteiger partial charge in [0.1, 0.15) is 5.75 Å². The maximum absolute atomic E-state index is 13.2. The first-order chi connectivity index (χ1) is 16.5. The average molecular weight is 522 g/mol. The Morgan fingerprint density at radius 3 is 2.46 bits per heavy atom. The quantitative estimate of drug-likeness (QED) is 0.344. The first-order valence-corrected chi connectivity index (χ1v) is 12.6. The molecule has 1 aromatic heterocycles. The molecular weight excluding hydrogens is 499 g/mol. The van der Waals surface area contributed by atoms with Gasteiger partial charge in [-0.2, -0.15) is 0 Å². The van der Waals surface area contributed by atoms with Crippen LogP contribution in [0.3, 0.4) is 0 Å². The summed E-state index contributed by atoms with van der Waals surface area (Å²) in [5.74, 6) is 0.0709. The molecule has 11 heteroatoms. The second-order valence-electron chi connectivity index (χ2n) is 8.06. The van der Waals surface area contributed by atoms with Gasteiger partial charge in [-0.3, -0.25) is 14.2 Å². The summed E-state index contributed by atoms with van der Waals surface area (Å²) in [6.45, 7) is 5.83. The second kappa shape index (κ2) is 9.98. The third kappa shape index (κ3) is 5.84. The smallest absolute Gasteiger partial charge is 0.406 e. The Morgan fingerprint density at radius 2 is 1.83 bits per heavy atom. The standard InChI is InChI=1S/C24H22F3N3O3S2/c1-13-10-14(2)20(15(3)11-13)29-19(31)12-35-23-28-18-8-9-34-21(18)22(32)30(23)16-4-6-17(7-5-16)33-24(25,26)27/h4-7,10-11H,8-9,12H2,1-3H3,(H,29,31). The van der Waals surface area contributed by atoms with Crippen molar-refractivity contribution in [3.05, 3.63) is 69.1 Å². The summed E-state index contributed by atoms with van der Waals surface area (Å²) in [5, 5.41) is 3.23. The number of ether oxygens (including phenoxy) is 1. The molecular formula is C24H22F3N3O3S2. The molecule has 0 radical (unpaired) electrons. The van der Waals surface area contributed by atoms with Gasteiger partial charge in [0, 0.05) is 17.9 Å². The van der Waals surface area contributed by atoms with Crippen LogP contribution in [0.1, 0.15) is 22.4 Å². The molecule has 2 aromatic carbocycles. The minimum absolute atomic E-state index is 0.000391. The normalized spacial score (nSPS) is 13.0. The van der Waals surface area contributed by atoms with Gasteiger partial charge in [0.25, 0.3) is 5.56 Å². The molecule has 0 fully saturated rings. The predicted molar refractivity (Wildman–Crippen MR) is 131 cm³/mol. The van der Waals surface area contributed by atoms with Gasteiger partial charge < -0.3 is 10.1 Å². The first-order valence-electron chi connectivity index (χ1n) is 10.7. The van der Waals surface area contributed by atoms with E-state index in [2.05, 4.69) is 15.0 Å². The molecule has 0 saturated heterocycles. The van der Waals surface area contributed by atoms with Crippen molar-refractivity contribution in [2.24, 2.45) is 0 Å². The molecule has 184 valence electrons. The lowest BCUT2D eigenvalue weighted by molar-refractivity contribution is -0.274. The molecule has 0 atom stereocenters. The molecule has 1 N–H and O–H groups in total. The molecule has 2 heterocycles. The Balaban J connectivity index is 1.60. The minimum Gasteiger partial charge on any atom is -0.406 e. The van der Waals surface area contributed by atoms with Crippen molar-refractivity contribution < 1.29 is 22.7 Å². The number of fused-ring (bicyclic) bond motifs is 1. The largest absolute Gasteiger partial charge is 0.573 e. The maximum Gasteiger partial charge on any atom is 0.573 e. The number of amides is 1. The second-order valence-corrected chi connectivity index (χ2v) is 10.1. The summed E-state index contributed by atoms with van der Waals surface area (Å²) in [5.41, 5.74) is 4.44. The average Bonchev–Trinajstić information content (AvgIpc) is 3.24. The molecule has 0 bridgehead atoms. The third-order valence-corrected chi connectivity index (χ3v) is 7.31. The van der Waals surface area contributed by atoms with Gasteiger partial charge >= 0.3 is 6.36 Å². The van der Waals surface area contributed by atoms with Crippen molar-refractivity contribution in [3.8, 4) is 11.4 Å². The summed E-state index contributed by atoms with van der Waals surface area (Å²) in [6.07, 6.45) is -4.18. The van der Waals surface area contributed by atoms with Gasteiger partial charge in [0.2, 0.25) is 5.91 Å². The highest BCUT2D eigenvalue weighted by Gasteiger charge is 2.31. The molecule has 1 amide bonds. The monoisotopic (exact) mass is 521 g/mol. The Bertz CT molecular complexity index is 1320. The molecule has 0 unspecified atom stereocenters. The van der Waals surface area contributed by atoms with Crippen LogP contribution in [0, 0.1) is 20.8 Å². The van der Waals surface area contributed by atoms with Crippen molar-refractivity contribution in [1.82, 2.24) is 9.55 Å². The number of nitrogens with zero attached hydrogens (tertiary/aromatic N) is 2. The van der Waals surface area contributed by atoms with Crippen LogP contribution in [-0.4, -0.2) is 33.3 Å². The molecule has 1 aliphatic rings. The molecule has 3 aromatic rings. The van der Waals surface area contributed by atoms with E-state index in [4.69, 9.17) is 0 Å². The maximum atomic E-state index is 13.2. The Kier molecular flexibility index (Phi) is 7.18. The zero-order valence-corrected chi connectivity index (χ0v) is 20.8. The van der Waals surface area contributed by atoms with E-state index < -0.39 is 12.1 Å². The molecule has 0 saturated carbocycles. The molecule has 1 aliphatic heterocycles. The van der Waals surface area contributed by atoms with Gasteiger partial charge in [-0.15, -0.1) is 24.9 Å². The van der Waals surface area contributed by atoms with Gasteiger partial charge in [-0.1, -0.05) is 29.5 Å². The zero-order valence-electron chi connectivity index (χ0n) is 19.2. The third-order valence-electron chi connectivity index (χ3n) is 5.27. The number of benzene rings is 2. The van der Waals surface area contributed by atoms with Crippen LogP contribution in [0.25, 0.3) is 5.69 Å². The van der Waals surface area contributed by atoms with Crippen LogP contribution in [0.15, 0.2) is 51.2 Å². The molecule has 4 rings (SSSR count). The summed E-state index contributed by atoms with van der Waals surface area (Å²) >= 11 is 2.49. The SMILES string of the molecule is Cc1cc(C)c(NC(=O)CSc2nc3c(c(=O)n2-c2ccc(OC(F)(F)F)cc2)SCC3)c(C)c1. The number of halogens is 3. The molecule has 0 aliphatic carbocycles. The van der Waals surface area contributed by atoms with Crippen molar-refractivity contribution in [1.29, 1.82) is 0 Å².